The summed E-state index contributed by atoms with van der Waals surface area (Å²) in [5, 5.41) is 0. The Bertz CT molecular complexity index is 1230. The van der Waals surface area contributed by atoms with Gasteiger partial charge in [-0.1, -0.05) is 66.7 Å². The van der Waals surface area contributed by atoms with Gasteiger partial charge in [-0.3, -0.25) is 19.4 Å². The highest BCUT2D eigenvalue weighted by atomic mass is 16.5. The van der Waals surface area contributed by atoms with Crippen molar-refractivity contribution >= 4 is 17.3 Å². The normalized spacial score (nSPS) is 20.5. The van der Waals surface area contributed by atoms with E-state index in [0.717, 1.165) is 44.0 Å². The van der Waals surface area contributed by atoms with Gasteiger partial charge in [0.1, 0.15) is 0 Å². The van der Waals surface area contributed by atoms with Gasteiger partial charge in [0.15, 0.2) is 17.1 Å². The van der Waals surface area contributed by atoms with E-state index in [-0.39, 0.29) is 11.6 Å². The molecular weight excluding hydrogens is 450 g/mol. The van der Waals surface area contributed by atoms with Gasteiger partial charge < -0.3 is 9.64 Å². The summed E-state index contributed by atoms with van der Waals surface area (Å²) in [5.41, 5.74) is 2.84. The van der Waals surface area contributed by atoms with Crippen LogP contribution in [0, 0.1) is 0 Å². The molecular formula is C30H31N3O3. The van der Waals surface area contributed by atoms with Gasteiger partial charge in [-0.05, 0) is 23.3 Å². The lowest BCUT2D eigenvalue weighted by atomic mass is 9.82. The Morgan fingerprint density at radius 1 is 0.694 bits per heavy atom. The highest BCUT2D eigenvalue weighted by Gasteiger charge is 2.58. The van der Waals surface area contributed by atoms with Gasteiger partial charge in [0.05, 0.1) is 13.2 Å². The van der Waals surface area contributed by atoms with Crippen molar-refractivity contribution in [3.05, 3.63) is 101 Å². The van der Waals surface area contributed by atoms with E-state index in [9.17, 15) is 9.59 Å². The number of piperazine rings is 1. The van der Waals surface area contributed by atoms with E-state index in [1.807, 2.05) is 30.3 Å². The van der Waals surface area contributed by atoms with Crippen molar-refractivity contribution in [3.8, 4) is 0 Å². The lowest BCUT2D eigenvalue weighted by Gasteiger charge is -2.44. The zero-order valence-corrected chi connectivity index (χ0v) is 20.4. The van der Waals surface area contributed by atoms with Gasteiger partial charge in [0, 0.05) is 62.6 Å². The molecule has 0 bridgehead atoms. The number of ketones is 2. The van der Waals surface area contributed by atoms with Crippen LogP contribution in [0.2, 0.25) is 0 Å². The number of morpholine rings is 1. The van der Waals surface area contributed by atoms with Crippen LogP contribution in [0.5, 0.6) is 0 Å². The van der Waals surface area contributed by atoms with E-state index in [1.165, 1.54) is 5.56 Å². The molecule has 0 atom stereocenters. The third kappa shape index (κ3) is 3.86. The third-order valence-electron chi connectivity index (χ3n) is 7.81. The minimum absolute atomic E-state index is 0.0984. The van der Waals surface area contributed by atoms with Crippen LogP contribution < -0.4 is 4.90 Å². The fourth-order valence-electron chi connectivity index (χ4n) is 5.94. The number of carbonyl (C=O) groups is 2. The first kappa shape index (κ1) is 23.1. The van der Waals surface area contributed by atoms with Crippen LogP contribution in [-0.4, -0.2) is 73.8 Å². The molecule has 1 aliphatic carbocycles. The largest absolute Gasteiger partial charge is 0.378 e. The van der Waals surface area contributed by atoms with Crippen molar-refractivity contribution in [2.24, 2.45) is 0 Å². The number of benzene rings is 3. The SMILES string of the molecule is O=C1c2ccccc2C(=O)C1(c1cccc(N2CCOCC2)c1)N1CCN(Cc2ccccc2)CC1. The maximum atomic E-state index is 14.2. The highest BCUT2D eigenvalue weighted by molar-refractivity contribution is 6.32. The number of ether oxygens (including phenoxy) is 1. The summed E-state index contributed by atoms with van der Waals surface area (Å²) in [6.45, 7) is 6.75. The van der Waals surface area contributed by atoms with Gasteiger partial charge in [-0.25, -0.2) is 0 Å². The smallest absolute Gasteiger partial charge is 0.196 e. The first-order valence-corrected chi connectivity index (χ1v) is 12.8. The maximum absolute atomic E-state index is 14.2. The standard InChI is InChI=1S/C30H31N3O3/c34-28-26-11-4-5-12-27(26)29(35)30(28,24-9-6-10-25(21-24)32-17-19-36-20-18-32)33-15-13-31(14-16-33)22-23-7-2-1-3-8-23/h1-12,21H,13-20,22H2. The van der Waals surface area contributed by atoms with Crippen LogP contribution >= 0.6 is 0 Å². The van der Waals surface area contributed by atoms with Crippen molar-refractivity contribution in [3.63, 3.8) is 0 Å². The summed E-state index contributed by atoms with van der Waals surface area (Å²) >= 11 is 0. The van der Waals surface area contributed by atoms with Gasteiger partial charge in [0.25, 0.3) is 0 Å². The fourth-order valence-corrected chi connectivity index (χ4v) is 5.94. The molecule has 0 spiro atoms. The number of fused-ring (bicyclic) bond motifs is 1. The number of nitrogens with zero attached hydrogens (tertiary/aromatic N) is 3. The van der Waals surface area contributed by atoms with E-state index in [0.29, 0.717) is 37.4 Å². The molecule has 0 radical (unpaired) electrons. The molecule has 2 aliphatic heterocycles. The van der Waals surface area contributed by atoms with Gasteiger partial charge in [0.2, 0.25) is 0 Å². The number of carbonyl (C=O) groups excluding carboxylic acids is 2. The molecule has 0 unspecified atom stereocenters. The Labute approximate surface area is 212 Å². The Balaban J connectivity index is 1.35. The Hall–Kier alpha value is -3.32. The first-order chi connectivity index (χ1) is 17.7. The second-order valence-electron chi connectivity index (χ2n) is 9.81. The summed E-state index contributed by atoms with van der Waals surface area (Å²) < 4.78 is 5.53. The number of hydrogen-bond donors (Lipinski definition) is 0. The molecule has 184 valence electrons. The lowest BCUT2D eigenvalue weighted by molar-refractivity contribution is 0.0279. The monoisotopic (exact) mass is 481 g/mol. The molecule has 3 aliphatic rings. The molecule has 36 heavy (non-hydrogen) atoms. The summed E-state index contributed by atoms with van der Waals surface area (Å²) in [7, 11) is 0. The average molecular weight is 482 g/mol. The zero-order valence-electron chi connectivity index (χ0n) is 20.4. The van der Waals surface area contributed by atoms with Crippen molar-refractivity contribution in [2.45, 2.75) is 12.1 Å². The summed E-state index contributed by atoms with van der Waals surface area (Å²) in [6.07, 6.45) is 0. The van der Waals surface area contributed by atoms with E-state index in [4.69, 9.17) is 4.74 Å². The molecule has 2 heterocycles. The number of anilines is 1. The summed E-state index contributed by atoms with van der Waals surface area (Å²) in [5.74, 6) is -0.197. The molecule has 6 heteroatoms. The molecule has 3 aromatic carbocycles. The summed E-state index contributed by atoms with van der Waals surface area (Å²) in [6, 6.07) is 25.8. The molecule has 0 N–H and O–H groups in total. The van der Waals surface area contributed by atoms with Crippen molar-refractivity contribution in [1.29, 1.82) is 0 Å². The maximum Gasteiger partial charge on any atom is 0.196 e. The Morgan fingerprint density at radius 3 is 2.00 bits per heavy atom. The predicted molar refractivity (Wildman–Crippen MR) is 140 cm³/mol. The van der Waals surface area contributed by atoms with Crippen LogP contribution in [0.25, 0.3) is 0 Å². The lowest BCUT2D eigenvalue weighted by Crippen LogP contribution is -2.60. The Morgan fingerprint density at radius 2 is 1.33 bits per heavy atom. The fraction of sp³-hybridized carbons (Fsp3) is 0.333. The molecule has 6 nitrogen and oxygen atoms in total. The Kier molecular flexibility index (Phi) is 6.17. The highest BCUT2D eigenvalue weighted by Crippen LogP contribution is 2.43. The van der Waals surface area contributed by atoms with Crippen LogP contribution in [0.15, 0.2) is 78.9 Å². The second kappa shape index (κ2) is 9.62. The van der Waals surface area contributed by atoms with Crippen LogP contribution in [0.1, 0.15) is 31.8 Å². The van der Waals surface area contributed by atoms with E-state index in [1.54, 1.807) is 12.1 Å². The van der Waals surface area contributed by atoms with Crippen LogP contribution in [0.3, 0.4) is 0 Å². The quantitative estimate of drug-likeness (QED) is 0.519. The van der Waals surface area contributed by atoms with Gasteiger partial charge >= 0.3 is 0 Å². The zero-order chi connectivity index (χ0) is 24.5. The summed E-state index contributed by atoms with van der Waals surface area (Å²) in [4.78, 5) is 35.2. The number of hydrogen-bond acceptors (Lipinski definition) is 6. The molecule has 3 aromatic rings. The van der Waals surface area contributed by atoms with Crippen molar-refractivity contribution in [2.75, 3.05) is 57.4 Å². The van der Waals surface area contributed by atoms with E-state index >= 15 is 0 Å². The second-order valence-corrected chi connectivity index (χ2v) is 9.81. The molecule has 0 saturated carbocycles. The molecule has 2 fully saturated rings. The third-order valence-corrected chi connectivity index (χ3v) is 7.81. The van der Waals surface area contributed by atoms with Crippen LogP contribution in [-0.2, 0) is 16.8 Å². The van der Waals surface area contributed by atoms with Gasteiger partial charge in [-0.2, -0.15) is 0 Å². The topological polar surface area (TPSA) is 53.1 Å². The van der Waals surface area contributed by atoms with Gasteiger partial charge in [-0.15, -0.1) is 0 Å². The minimum atomic E-state index is -1.31. The number of Topliss-reactive ketones (excluding diaryl/α,β-unsaturated/α-hetero) is 2. The molecule has 6 rings (SSSR count). The van der Waals surface area contributed by atoms with Crippen LogP contribution in [0.4, 0.5) is 5.69 Å². The van der Waals surface area contributed by atoms with Crippen molar-refractivity contribution in [1.82, 2.24) is 9.80 Å². The number of rotatable bonds is 5. The molecule has 0 aromatic heterocycles. The van der Waals surface area contributed by atoms with E-state index in [2.05, 4.69) is 51.1 Å². The molecule has 0 amide bonds. The average Bonchev–Trinajstić information content (AvgIpc) is 3.17. The van der Waals surface area contributed by atoms with Crippen molar-refractivity contribution < 1.29 is 14.3 Å². The first-order valence-electron chi connectivity index (χ1n) is 12.8. The van der Waals surface area contributed by atoms with E-state index < -0.39 is 5.54 Å². The molecule has 2 saturated heterocycles. The minimum Gasteiger partial charge on any atom is -0.378 e. The predicted octanol–water partition coefficient (Wildman–Crippen LogP) is 3.62.